The molecule has 0 saturated heterocycles. The molecule has 18 heavy (non-hydrogen) atoms. The van der Waals surface area contributed by atoms with Gasteiger partial charge in [-0.2, -0.15) is 4.99 Å². The lowest BCUT2D eigenvalue weighted by atomic mass is 10.2. The predicted molar refractivity (Wildman–Crippen MR) is 77.7 cm³/mol. The van der Waals surface area contributed by atoms with Crippen LogP contribution in [0.25, 0.3) is 0 Å². The molecule has 0 spiro atoms. The Labute approximate surface area is 116 Å². The number of halogens is 1. The minimum Gasteiger partial charge on any atom is -0.366 e. The summed E-state index contributed by atoms with van der Waals surface area (Å²) in [7, 11) is 0. The number of aliphatic imine (C=N–C) groups is 1. The summed E-state index contributed by atoms with van der Waals surface area (Å²) in [5.41, 5.74) is 1.84. The van der Waals surface area contributed by atoms with Crippen LogP contribution in [-0.2, 0) is 6.54 Å². The molecule has 0 amide bonds. The van der Waals surface area contributed by atoms with Crippen LogP contribution in [0.3, 0.4) is 0 Å². The number of thiocarbonyl (C=S) groups is 1. The molecule has 0 unspecified atom stereocenters. The van der Waals surface area contributed by atoms with Crippen LogP contribution in [0.5, 0.6) is 0 Å². The Balaban J connectivity index is 1.97. The first kappa shape index (κ1) is 12.7. The van der Waals surface area contributed by atoms with Crippen LogP contribution in [0.1, 0.15) is 5.56 Å². The van der Waals surface area contributed by atoms with Gasteiger partial charge in [-0.25, -0.2) is 4.98 Å². The number of rotatable bonds is 4. The van der Waals surface area contributed by atoms with Crippen LogP contribution in [0.4, 0.5) is 11.5 Å². The number of hydrogen-bond donors (Lipinski definition) is 1. The molecule has 3 nitrogen and oxygen atoms in total. The van der Waals surface area contributed by atoms with E-state index in [0.717, 1.165) is 16.4 Å². The molecule has 90 valence electrons. The molecule has 2 aromatic rings. The van der Waals surface area contributed by atoms with E-state index < -0.39 is 0 Å². The van der Waals surface area contributed by atoms with E-state index in [-0.39, 0.29) is 0 Å². The summed E-state index contributed by atoms with van der Waals surface area (Å²) in [6.07, 6.45) is 1.64. The van der Waals surface area contributed by atoms with Gasteiger partial charge in [0.1, 0.15) is 5.82 Å². The van der Waals surface area contributed by atoms with E-state index in [1.165, 1.54) is 0 Å². The molecule has 0 fully saturated rings. The van der Waals surface area contributed by atoms with Crippen molar-refractivity contribution in [3.05, 3.63) is 53.2 Å². The van der Waals surface area contributed by atoms with Gasteiger partial charge in [0.25, 0.3) is 0 Å². The van der Waals surface area contributed by atoms with Gasteiger partial charge in [-0.15, -0.1) is 0 Å². The molecule has 1 aromatic heterocycles. The smallest absolute Gasteiger partial charge is 0.126 e. The Morgan fingerprint density at radius 2 is 2.00 bits per heavy atom. The molecular weight excluding hydrogens is 266 g/mol. The summed E-state index contributed by atoms with van der Waals surface area (Å²) in [6.45, 7) is 0.694. The quantitative estimate of drug-likeness (QED) is 0.675. The number of anilines is 1. The number of hydrogen-bond acceptors (Lipinski definition) is 4. The fraction of sp³-hybridized carbons (Fsp3) is 0.0769. The molecule has 0 atom stereocenters. The fourth-order valence-electron chi connectivity index (χ4n) is 1.40. The Kier molecular flexibility index (Phi) is 4.42. The van der Waals surface area contributed by atoms with Crippen molar-refractivity contribution in [3.63, 3.8) is 0 Å². The zero-order valence-corrected chi connectivity index (χ0v) is 11.0. The minimum absolute atomic E-state index is 0.694. The molecule has 1 N–H and O–H groups in total. The number of pyridine rings is 1. The SMILES string of the molecule is S=C=Nc1ccc(NCc2ccc(Cl)cc2)nc1. The van der Waals surface area contributed by atoms with Gasteiger partial charge in [0.2, 0.25) is 0 Å². The van der Waals surface area contributed by atoms with Gasteiger partial charge in [0, 0.05) is 11.6 Å². The Hall–Kier alpha value is -1.74. The third-order valence-electron chi connectivity index (χ3n) is 2.31. The number of nitrogens with one attached hydrogen (secondary N) is 1. The van der Waals surface area contributed by atoms with Crippen molar-refractivity contribution in [1.82, 2.24) is 4.98 Å². The van der Waals surface area contributed by atoms with Gasteiger partial charge >= 0.3 is 0 Å². The summed E-state index contributed by atoms with van der Waals surface area (Å²) in [5.74, 6) is 0.785. The normalized spacial score (nSPS) is 9.61. The van der Waals surface area contributed by atoms with Gasteiger partial charge in [0.15, 0.2) is 0 Å². The Morgan fingerprint density at radius 1 is 1.22 bits per heavy atom. The first-order valence-electron chi connectivity index (χ1n) is 5.30. The molecule has 0 saturated carbocycles. The standard InChI is InChI=1S/C13H10ClN3S/c14-11-3-1-10(2-4-11)7-15-13-6-5-12(8-16-13)17-9-18/h1-6,8H,7H2,(H,15,16). The molecule has 0 aliphatic heterocycles. The molecular formula is C13H10ClN3S. The number of nitrogens with zero attached hydrogens (tertiary/aromatic N) is 2. The van der Waals surface area contributed by atoms with Crippen LogP contribution >= 0.6 is 23.8 Å². The highest BCUT2D eigenvalue weighted by Crippen LogP contribution is 2.14. The van der Waals surface area contributed by atoms with Gasteiger partial charge in [0.05, 0.1) is 17.0 Å². The maximum absolute atomic E-state index is 5.82. The van der Waals surface area contributed by atoms with Crippen molar-refractivity contribution in [2.75, 3.05) is 5.32 Å². The number of benzene rings is 1. The summed E-state index contributed by atoms with van der Waals surface area (Å²) in [4.78, 5) is 8.05. The second-order valence-corrected chi connectivity index (χ2v) is 4.20. The Morgan fingerprint density at radius 3 is 2.61 bits per heavy atom. The summed E-state index contributed by atoms with van der Waals surface area (Å²) in [5, 5.41) is 6.24. The molecule has 5 heteroatoms. The van der Waals surface area contributed by atoms with E-state index in [9.17, 15) is 0 Å². The van der Waals surface area contributed by atoms with Crippen molar-refractivity contribution in [2.24, 2.45) is 4.99 Å². The topological polar surface area (TPSA) is 37.3 Å². The summed E-state index contributed by atoms with van der Waals surface area (Å²) < 4.78 is 0. The molecule has 2 rings (SSSR count). The fourth-order valence-corrected chi connectivity index (χ4v) is 1.64. The van der Waals surface area contributed by atoms with Crippen molar-refractivity contribution >= 4 is 40.5 Å². The highest BCUT2D eigenvalue weighted by molar-refractivity contribution is 7.78. The van der Waals surface area contributed by atoms with Gasteiger partial charge in [-0.3, -0.25) is 0 Å². The lowest BCUT2D eigenvalue weighted by Crippen LogP contribution is -2.00. The van der Waals surface area contributed by atoms with Gasteiger partial charge in [-0.1, -0.05) is 23.7 Å². The number of aromatic nitrogens is 1. The molecule has 1 heterocycles. The largest absolute Gasteiger partial charge is 0.366 e. The lowest BCUT2D eigenvalue weighted by Gasteiger charge is -2.05. The van der Waals surface area contributed by atoms with Crippen LogP contribution in [0, 0.1) is 0 Å². The van der Waals surface area contributed by atoms with E-state index in [4.69, 9.17) is 11.6 Å². The monoisotopic (exact) mass is 275 g/mol. The Bertz CT molecular complexity index is 560. The molecule has 0 aliphatic rings. The first-order valence-corrected chi connectivity index (χ1v) is 6.09. The van der Waals surface area contributed by atoms with Crippen molar-refractivity contribution in [1.29, 1.82) is 0 Å². The molecule has 0 radical (unpaired) electrons. The lowest BCUT2D eigenvalue weighted by molar-refractivity contribution is 1.11. The molecule has 0 aliphatic carbocycles. The summed E-state index contributed by atoms with van der Waals surface area (Å²) >= 11 is 10.3. The maximum atomic E-state index is 5.82. The van der Waals surface area contributed by atoms with E-state index >= 15 is 0 Å². The van der Waals surface area contributed by atoms with Crippen molar-refractivity contribution in [3.8, 4) is 0 Å². The summed E-state index contributed by atoms with van der Waals surface area (Å²) in [6, 6.07) is 11.4. The van der Waals surface area contributed by atoms with E-state index in [0.29, 0.717) is 12.2 Å². The van der Waals surface area contributed by atoms with Gasteiger partial charge in [-0.05, 0) is 42.0 Å². The highest BCUT2D eigenvalue weighted by Gasteiger charge is 1.96. The molecule has 1 aromatic carbocycles. The second-order valence-electron chi connectivity index (χ2n) is 3.58. The third-order valence-corrected chi connectivity index (χ3v) is 2.65. The van der Waals surface area contributed by atoms with Crippen LogP contribution in [-0.4, -0.2) is 10.1 Å². The zero-order chi connectivity index (χ0) is 12.8. The highest BCUT2D eigenvalue weighted by atomic mass is 35.5. The van der Waals surface area contributed by atoms with Gasteiger partial charge < -0.3 is 5.32 Å². The average molecular weight is 276 g/mol. The van der Waals surface area contributed by atoms with Crippen molar-refractivity contribution in [2.45, 2.75) is 6.54 Å². The maximum Gasteiger partial charge on any atom is 0.126 e. The third kappa shape index (κ3) is 3.64. The van der Waals surface area contributed by atoms with E-state index in [1.807, 2.05) is 36.4 Å². The van der Waals surface area contributed by atoms with Crippen LogP contribution in [0.15, 0.2) is 47.6 Å². The second kappa shape index (κ2) is 6.26. The van der Waals surface area contributed by atoms with Crippen molar-refractivity contribution < 1.29 is 0 Å². The van der Waals surface area contributed by atoms with Crippen LogP contribution in [0.2, 0.25) is 5.02 Å². The minimum atomic E-state index is 0.694. The van der Waals surface area contributed by atoms with Crippen LogP contribution < -0.4 is 5.32 Å². The predicted octanol–water partition coefficient (Wildman–Crippen LogP) is 4.08. The first-order chi connectivity index (χ1) is 8.78. The van der Waals surface area contributed by atoms with E-state index in [1.54, 1.807) is 6.20 Å². The number of isothiocyanates is 1. The zero-order valence-electron chi connectivity index (χ0n) is 9.43. The average Bonchev–Trinajstić information content (AvgIpc) is 2.40. The van der Waals surface area contributed by atoms with E-state index in [2.05, 4.69) is 32.7 Å². The molecule has 0 bridgehead atoms.